The fourth-order valence-corrected chi connectivity index (χ4v) is 6.75. The molecule has 0 aliphatic carbocycles. The van der Waals surface area contributed by atoms with Crippen LogP contribution in [0.25, 0.3) is 27.6 Å². The molecule has 0 saturated heterocycles. The van der Waals surface area contributed by atoms with Gasteiger partial charge in [-0.2, -0.15) is 0 Å². The molecular formula is C50H38O5. The lowest BCUT2D eigenvalue weighted by molar-refractivity contribution is 0.145. The third-order valence-corrected chi connectivity index (χ3v) is 9.57. The first-order valence-electron chi connectivity index (χ1n) is 17.8. The van der Waals surface area contributed by atoms with Gasteiger partial charge in [0.15, 0.2) is 11.2 Å². The van der Waals surface area contributed by atoms with Gasteiger partial charge in [0.25, 0.3) is 0 Å². The number of phenolic OH excluding ortho intramolecular Hbond substituents is 3. The van der Waals surface area contributed by atoms with Crippen molar-refractivity contribution < 1.29 is 25.2 Å². The van der Waals surface area contributed by atoms with Crippen molar-refractivity contribution in [1.82, 2.24) is 0 Å². The summed E-state index contributed by atoms with van der Waals surface area (Å²) in [4.78, 5) is 0. The Hall–Kier alpha value is -7.26. The first kappa shape index (κ1) is 36.1. The zero-order valence-corrected chi connectivity index (χ0v) is 29.8. The average Bonchev–Trinajstić information content (AvgIpc) is 3.25. The van der Waals surface area contributed by atoms with E-state index in [1.165, 1.54) is 0 Å². The predicted octanol–water partition coefficient (Wildman–Crippen LogP) is 10.7. The second kappa shape index (κ2) is 15.8. The number of fused-ring (bicyclic) bond motifs is 4. The molecule has 8 aromatic rings. The Morgan fingerprint density at radius 3 is 1.38 bits per heavy atom. The molecule has 0 bridgehead atoms. The molecule has 268 valence electrons. The van der Waals surface area contributed by atoms with Crippen LogP contribution in [0, 0.1) is 12.3 Å². The van der Waals surface area contributed by atoms with Crippen molar-refractivity contribution in [3.63, 3.8) is 0 Å². The van der Waals surface area contributed by atoms with Crippen LogP contribution in [0.4, 0.5) is 0 Å². The van der Waals surface area contributed by atoms with E-state index in [4.69, 9.17) is 21.4 Å². The molecule has 0 atom stereocenters. The van der Waals surface area contributed by atoms with Gasteiger partial charge in [-0.05, 0) is 82.2 Å². The molecule has 0 fully saturated rings. The number of aliphatic hydroxyl groups is 1. The largest absolute Gasteiger partial charge is 0.508 e. The van der Waals surface area contributed by atoms with Gasteiger partial charge in [-0.25, -0.2) is 0 Å². The molecule has 1 aliphatic heterocycles. The van der Waals surface area contributed by atoms with Crippen molar-refractivity contribution in [2.24, 2.45) is 0 Å². The highest BCUT2D eigenvalue weighted by atomic mass is 16.5. The zero-order chi connectivity index (χ0) is 38.3. The third-order valence-electron chi connectivity index (χ3n) is 9.57. The molecule has 9 rings (SSSR count). The van der Waals surface area contributed by atoms with Crippen molar-refractivity contribution in [1.29, 1.82) is 0 Å². The smallest absolute Gasteiger partial charge is 0.178 e. The lowest BCUT2D eigenvalue weighted by Crippen LogP contribution is -2.34. The minimum absolute atomic E-state index is 0.244. The molecule has 8 aromatic carbocycles. The fraction of sp³-hybridized carbons (Fsp3) is 0.0400. The van der Waals surface area contributed by atoms with Crippen LogP contribution in [0.2, 0.25) is 0 Å². The van der Waals surface area contributed by atoms with E-state index in [1.807, 2.05) is 115 Å². The summed E-state index contributed by atoms with van der Waals surface area (Å²) in [6.45, 7) is 0. The molecule has 0 aromatic heterocycles. The number of aromatic hydroxyl groups is 3. The number of benzene rings is 8. The minimum Gasteiger partial charge on any atom is -0.508 e. The lowest BCUT2D eigenvalue weighted by atomic mass is 9.83. The minimum atomic E-state index is -1.34. The van der Waals surface area contributed by atoms with Crippen LogP contribution in [-0.2, 0) is 11.2 Å². The van der Waals surface area contributed by atoms with E-state index in [-0.39, 0.29) is 17.2 Å². The summed E-state index contributed by atoms with van der Waals surface area (Å²) >= 11 is 0. The molecule has 55 heavy (non-hydrogen) atoms. The topological polar surface area (TPSA) is 90.2 Å². The first-order valence-corrected chi connectivity index (χ1v) is 17.8. The van der Waals surface area contributed by atoms with Gasteiger partial charge in [-0.1, -0.05) is 145 Å². The van der Waals surface area contributed by atoms with Gasteiger partial charge in [0.2, 0.25) is 0 Å². The number of phenols is 3. The normalized spacial score (nSPS) is 12.5. The summed E-state index contributed by atoms with van der Waals surface area (Å²) in [5, 5.41) is 42.5. The summed E-state index contributed by atoms with van der Waals surface area (Å²) in [6, 6.07) is 58.6. The molecule has 0 amide bonds. The van der Waals surface area contributed by atoms with Crippen LogP contribution in [0.1, 0.15) is 27.8 Å². The Bertz CT molecular complexity index is 2490. The van der Waals surface area contributed by atoms with Gasteiger partial charge in [0, 0.05) is 27.8 Å². The van der Waals surface area contributed by atoms with Gasteiger partial charge in [-0.15, -0.1) is 6.42 Å². The van der Waals surface area contributed by atoms with Gasteiger partial charge in [-0.3, -0.25) is 0 Å². The van der Waals surface area contributed by atoms with E-state index >= 15 is 0 Å². The maximum absolute atomic E-state index is 10.5. The van der Waals surface area contributed by atoms with Crippen molar-refractivity contribution in [2.45, 2.75) is 11.2 Å². The second-order valence-corrected chi connectivity index (χ2v) is 13.1. The first-order chi connectivity index (χ1) is 26.8. The quantitative estimate of drug-likeness (QED) is 0.136. The molecule has 5 nitrogen and oxygen atoms in total. The second-order valence-electron chi connectivity index (χ2n) is 13.1. The molecule has 1 heterocycles. The third kappa shape index (κ3) is 7.63. The Balaban J connectivity index is 0.000000141. The van der Waals surface area contributed by atoms with Crippen molar-refractivity contribution in [2.75, 3.05) is 0 Å². The van der Waals surface area contributed by atoms with Gasteiger partial charge >= 0.3 is 0 Å². The highest BCUT2D eigenvalue weighted by Gasteiger charge is 2.37. The van der Waals surface area contributed by atoms with Crippen LogP contribution in [0.15, 0.2) is 194 Å². The summed E-state index contributed by atoms with van der Waals surface area (Å²) in [5.41, 5.74) is 2.62. The molecule has 0 saturated carbocycles. The van der Waals surface area contributed by atoms with Gasteiger partial charge in [0.05, 0.1) is 0 Å². The number of hydrogen-bond donors (Lipinski definition) is 4. The van der Waals surface area contributed by atoms with E-state index in [2.05, 4.69) is 42.3 Å². The summed E-state index contributed by atoms with van der Waals surface area (Å²) in [5.74, 6) is 4.06. The van der Waals surface area contributed by atoms with Crippen LogP contribution >= 0.6 is 0 Å². The van der Waals surface area contributed by atoms with Crippen LogP contribution < -0.4 is 4.74 Å². The average molecular weight is 719 g/mol. The summed E-state index contributed by atoms with van der Waals surface area (Å²) in [7, 11) is 0. The van der Waals surface area contributed by atoms with Gasteiger partial charge < -0.3 is 25.2 Å². The molecule has 0 radical (unpaired) electrons. The van der Waals surface area contributed by atoms with Crippen molar-refractivity contribution >= 4 is 27.6 Å². The Morgan fingerprint density at radius 2 is 0.909 bits per heavy atom. The number of terminal acetylenes is 1. The highest BCUT2D eigenvalue weighted by molar-refractivity contribution is 5.94. The lowest BCUT2D eigenvalue weighted by Gasteiger charge is -2.36. The van der Waals surface area contributed by atoms with Crippen LogP contribution in [-0.4, -0.2) is 20.4 Å². The maximum atomic E-state index is 10.5. The molecule has 0 spiro atoms. The van der Waals surface area contributed by atoms with Crippen molar-refractivity contribution in [3.05, 3.63) is 222 Å². The van der Waals surface area contributed by atoms with Crippen LogP contribution in [0.5, 0.6) is 23.0 Å². The van der Waals surface area contributed by atoms with E-state index < -0.39 is 11.2 Å². The summed E-state index contributed by atoms with van der Waals surface area (Å²) in [6.07, 6.45) is 9.74. The van der Waals surface area contributed by atoms with Gasteiger partial charge in [0.1, 0.15) is 23.0 Å². The van der Waals surface area contributed by atoms with Crippen LogP contribution in [0.3, 0.4) is 0 Å². The molecular weight excluding hydrogens is 681 g/mol. The monoisotopic (exact) mass is 718 g/mol. The Kier molecular flexibility index (Phi) is 10.4. The Labute approximate surface area is 320 Å². The highest BCUT2D eigenvalue weighted by Crippen LogP contribution is 2.44. The van der Waals surface area contributed by atoms with E-state index in [1.54, 1.807) is 48.5 Å². The number of rotatable bonds is 4. The summed E-state index contributed by atoms with van der Waals surface area (Å²) < 4.78 is 6.68. The van der Waals surface area contributed by atoms with E-state index in [0.717, 1.165) is 44.0 Å². The number of hydrogen-bond acceptors (Lipinski definition) is 5. The number of ether oxygens (including phenoxy) is 1. The molecule has 1 aliphatic rings. The zero-order valence-electron chi connectivity index (χ0n) is 29.8. The molecule has 4 N–H and O–H groups in total. The van der Waals surface area contributed by atoms with E-state index in [9.17, 15) is 10.2 Å². The fourth-order valence-electron chi connectivity index (χ4n) is 6.75. The van der Waals surface area contributed by atoms with Crippen molar-refractivity contribution in [3.8, 4) is 35.3 Å². The molecule has 0 unspecified atom stereocenters. The predicted molar refractivity (Wildman–Crippen MR) is 221 cm³/mol. The Morgan fingerprint density at radius 1 is 0.491 bits per heavy atom. The van der Waals surface area contributed by atoms with E-state index in [0.29, 0.717) is 11.1 Å². The molecule has 5 heteroatoms. The maximum Gasteiger partial charge on any atom is 0.178 e. The SMILES string of the molecule is C#CC(O)(c1ccccc1)c1ccccc1.Oc1ccc2c3c(ccc2c1)OC(c1ccccc1)(c1ccccc1)C=C3.Oc1ccc2cc(O)ccc2c1. The standard InChI is InChI=1S/C25H18O2.C15H12O.C10H8O2/c26-21-12-13-22-18(17-21)11-14-24-23(22)15-16-25(27-24,19-7-3-1-4-8-19)20-9-5-2-6-10-20;1-2-15(16,13-9-5-3-6-10-13)14-11-7-4-8-12-14;11-9-3-1-7-5-10(12)4-2-8(7)6-9/h1-17,26H;1,3-12,16H;1-6,11-12H.